The molecule has 5 heteroatoms. The van der Waals surface area contributed by atoms with Crippen molar-refractivity contribution < 1.29 is 4.74 Å². The molecule has 3 nitrogen and oxygen atoms in total. The fourth-order valence-corrected chi connectivity index (χ4v) is 2.22. The number of nitrogen functional groups attached to an aromatic ring is 1. The number of aromatic nitrogens is 1. The average Bonchev–Trinajstić information content (AvgIpc) is 2.43. The van der Waals surface area contributed by atoms with Crippen LogP contribution in [0.25, 0.3) is 10.9 Å². The van der Waals surface area contributed by atoms with Crippen molar-refractivity contribution in [2.45, 2.75) is 0 Å². The monoisotopic (exact) mass is 304 g/mol. The van der Waals surface area contributed by atoms with E-state index in [0.717, 1.165) is 10.9 Å². The topological polar surface area (TPSA) is 48.1 Å². The molecule has 0 fully saturated rings. The molecule has 3 rings (SSSR count). The van der Waals surface area contributed by atoms with Crippen molar-refractivity contribution in [3.63, 3.8) is 0 Å². The van der Waals surface area contributed by atoms with E-state index in [4.69, 9.17) is 33.7 Å². The molecule has 0 saturated heterocycles. The Bertz CT molecular complexity index is 790. The van der Waals surface area contributed by atoms with E-state index in [2.05, 4.69) is 4.98 Å². The summed E-state index contributed by atoms with van der Waals surface area (Å²) in [5, 5.41) is 1.98. The van der Waals surface area contributed by atoms with Gasteiger partial charge in [0.05, 0.1) is 16.2 Å². The molecule has 0 spiro atoms. The Balaban J connectivity index is 2.04. The number of nitrogens with two attached hydrogens (primary N) is 1. The molecule has 1 heterocycles. The van der Waals surface area contributed by atoms with E-state index in [1.54, 1.807) is 42.6 Å². The lowest BCUT2D eigenvalue weighted by Gasteiger charge is -2.09. The van der Waals surface area contributed by atoms with Crippen molar-refractivity contribution in [3.8, 4) is 11.5 Å². The van der Waals surface area contributed by atoms with Crippen LogP contribution in [0.4, 0.5) is 5.69 Å². The summed E-state index contributed by atoms with van der Waals surface area (Å²) in [7, 11) is 0. The molecule has 0 aliphatic heterocycles. The molecule has 0 radical (unpaired) electrons. The third-order valence-corrected chi connectivity index (χ3v) is 3.43. The second-order valence-electron chi connectivity index (χ2n) is 4.26. The van der Waals surface area contributed by atoms with Crippen molar-refractivity contribution in [1.29, 1.82) is 0 Å². The first-order chi connectivity index (χ1) is 9.63. The summed E-state index contributed by atoms with van der Waals surface area (Å²) in [6.07, 6.45) is 1.67. The highest BCUT2D eigenvalue weighted by atomic mass is 35.5. The van der Waals surface area contributed by atoms with Gasteiger partial charge in [-0.1, -0.05) is 23.2 Å². The summed E-state index contributed by atoms with van der Waals surface area (Å²) in [4.78, 5) is 4.27. The molecule has 3 aromatic rings. The zero-order chi connectivity index (χ0) is 14.1. The third-order valence-electron chi connectivity index (χ3n) is 2.86. The number of halogens is 2. The van der Waals surface area contributed by atoms with E-state index in [0.29, 0.717) is 27.2 Å². The number of hydrogen-bond donors (Lipinski definition) is 1. The van der Waals surface area contributed by atoms with Crippen molar-refractivity contribution >= 4 is 39.8 Å². The molecule has 0 saturated carbocycles. The number of nitrogens with zero attached hydrogens (tertiary/aromatic N) is 1. The van der Waals surface area contributed by atoms with Crippen LogP contribution < -0.4 is 10.5 Å². The van der Waals surface area contributed by atoms with E-state index in [9.17, 15) is 0 Å². The van der Waals surface area contributed by atoms with Gasteiger partial charge in [-0.25, -0.2) is 0 Å². The maximum atomic E-state index is 5.98. The maximum absolute atomic E-state index is 5.98. The number of ether oxygens (including phenoxy) is 1. The summed E-state index contributed by atoms with van der Waals surface area (Å²) in [5.41, 5.74) is 6.97. The molecule has 2 aromatic carbocycles. The van der Waals surface area contributed by atoms with Gasteiger partial charge in [0, 0.05) is 22.7 Å². The SMILES string of the molecule is Nc1ccc(Oc2ccnc3cc(Cl)ccc23)cc1Cl. The zero-order valence-corrected chi connectivity index (χ0v) is 11.8. The number of rotatable bonds is 2. The molecule has 0 atom stereocenters. The first-order valence-electron chi connectivity index (χ1n) is 5.90. The van der Waals surface area contributed by atoms with Crippen LogP contribution in [0.5, 0.6) is 11.5 Å². The zero-order valence-electron chi connectivity index (χ0n) is 10.3. The molecule has 0 aliphatic rings. The average molecular weight is 305 g/mol. The Morgan fingerprint density at radius 2 is 1.85 bits per heavy atom. The van der Waals surface area contributed by atoms with E-state index in [1.165, 1.54) is 0 Å². The highest BCUT2D eigenvalue weighted by molar-refractivity contribution is 6.33. The van der Waals surface area contributed by atoms with Crippen LogP contribution in [0.3, 0.4) is 0 Å². The lowest BCUT2D eigenvalue weighted by atomic mass is 10.2. The number of benzene rings is 2. The quantitative estimate of drug-likeness (QED) is 0.684. The second kappa shape index (κ2) is 5.19. The fourth-order valence-electron chi connectivity index (χ4n) is 1.88. The first kappa shape index (κ1) is 13.0. The van der Waals surface area contributed by atoms with Gasteiger partial charge in [0.1, 0.15) is 11.5 Å². The van der Waals surface area contributed by atoms with Crippen molar-refractivity contribution in [3.05, 3.63) is 58.7 Å². The van der Waals surface area contributed by atoms with Crippen LogP contribution in [-0.4, -0.2) is 4.98 Å². The van der Waals surface area contributed by atoms with E-state index >= 15 is 0 Å². The Hall–Kier alpha value is -1.97. The molecule has 1 aromatic heterocycles. The largest absolute Gasteiger partial charge is 0.457 e. The van der Waals surface area contributed by atoms with Crippen LogP contribution in [0.15, 0.2) is 48.7 Å². The highest BCUT2D eigenvalue weighted by Gasteiger charge is 2.06. The maximum Gasteiger partial charge on any atom is 0.138 e. The predicted molar refractivity (Wildman–Crippen MR) is 82.7 cm³/mol. The Kier molecular flexibility index (Phi) is 3.38. The number of hydrogen-bond acceptors (Lipinski definition) is 3. The van der Waals surface area contributed by atoms with Crippen LogP contribution in [-0.2, 0) is 0 Å². The molecule has 100 valence electrons. The number of anilines is 1. The summed E-state index contributed by atoms with van der Waals surface area (Å²) in [6, 6.07) is 12.4. The Morgan fingerprint density at radius 1 is 1.00 bits per heavy atom. The van der Waals surface area contributed by atoms with Crippen molar-refractivity contribution in [2.24, 2.45) is 0 Å². The second-order valence-corrected chi connectivity index (χ2v) is 5.10. The minimum Gasteiger partial charge on any atom is -0.457 e. The summed E-state index contributed by atoms with van der Waals surface area (Å²) < 4.78 is 5.84. The summed E-state index contributed by atoms with van der Waals surface area (Å²) in [6.45, 7) is 0. The molecule has 0 amide bonds. The normalized spacial score (nSPS) is 10.7. The van der Waals surface area contributed by atoms with Gasteiger partial charge in [0.2, 0.25) is 0 Å². The minimum absolute atomic E-state index is 0.462. The molecular formula is C15H10Cl2N2O. The van der Waals surface area contributed by atoms with Crippen molar-refractivity contribution in [1.82, 2.24) is 4.98 Å². The van der Waals surface area contributed by atoms with Crippen LogP contribution >= 0.6 is 23.2 Å². The highest BCUT2D eigenvalue weighted by Crippen LogP contribution is 2.32. The molecular weight excluding hydrogens is 295 g/mol. The van der Waals surface area contributed by atoms with E-state index < -0.39 is 0 Å². The van der Waals surface area contributed by atoms with Gasteiger partial charge in [0.25, 0.3) is 0 Å². The fraction of sp³-hybridized carbons (Fsp3) is 0. The van der Waals surface area contributed by atoms with Gasteiger partial charge in [-0.15, -0.1) is 0 Å². The van der Waals surface area contributed by atoms with Gasteiger partial charge in [-0.2, -0.15) is 0 Å². The Labute approximate surface area is 125 Å². The molecule has 0 unspecified atom stereocenters. The van der Waals surface area contributed by atoms with Gasteiger partial charge in [-0.05, 0) is 36.4 Å². The molecule has 20 heavy (non-hydrogen) atoms. The Morgan fingerprint density at radius 3 is 2.65 bits per heavy atom. The lowest BCUT2D eigenvalue weighted by Crippen LogP contribution is -1.90. The predicted octanol–water partition coefficient (Wildman–Crippen LogP) is 4.92. The van der Waals surface area contributed by atoms with E-state index in [1.807, 2.05) is 6.07 Å². The van der Waals surface area contributed by atoms with Gasteiger partial charge >= 0.3 is 0 Å². The van der Waals surface area contributed by atoms with Crippen molar-refractivity contribution in [2.75, 3.05) is 5.73 Å². The minimum atomic E-state index is 0.462. The van der Waals surface area contributed by atoms with Gasteiger partial charge in [0.15, 0.2) is 0 Å². The van der Waals surface area contributed by atoms with Crippen LogP contribution in [0.1, 0.15) is 0 Å². The summed E-state index contributed by atoms with van der Waals surface area (Å²) in [5.74, 6) is 1.30. The summed E-state index contributed by atoms with van der Waals surface area (Å²) >= 11 is 11.9. The number of fused-ring (bicyclic) bond motifs is 1. The van der Waals surface area contributed by atoms with Gasteiger partial charge < -0.3 is 10.5 Å². The molecule has 2 N–H and O–H groups in total. The van der Waals surface area contributed by atoms with Crippen LogP contribution in [0.2, 0.25) is 10.0 Å². The van der Waals surface area contributed by atoms with Crippen LogP contribution in [0, 0.1) is 0 Å². The first-order valence-corrected chi connectivity index (χ1v) is 6.66. The molecule has 0 bridgehead atoms. The lowest BCUT2D eigenvalue weighted by molar-refractivity contribution is 0.488. The third kappa shape index (κ3) is 2.50. The standard InChI is InChI=1S/C15H10Cl2N2O/c16-9-1-3-11-14(7-9)19-6-5-15(11)20-10-2-4-13(18)12(17)8-10/h1-8H,18H2. The van der Waals surface area contributed by atoms with Gasteiger partial charge in [-0.3, -0.25) is 4.98 Å². The van der Waals surface area contributed by atoms with E-state index in [-0.39, 0.29) is 0 Å². The smallest absolute Gasteiger partial charge is 0.138 e. The molecule has 0 aliphatic carbocycles. The number of pyridine rings is 1.